The van der Waals surface area contributed by atoms with Crippen LogP contribution in [0.2, 0.25) is 0 Å². The maximum atomic E-state index is 10.1. The molecule has 3 nitrogen and oxygen atoms in total. The van der Waals surface area contributed by atoms with Gasteiger partial charge in [-0.15, -0.1) is 5.17 Å². The zero-order chi connectivity index (χ0) is 5.11. The van der Waals surface area contributed by atoms with Gasteiger partial charge in [0.15, 0.2) is 0 Å². The fourth-order valence-electron chi connectivity index (χ4n) is 0.343. The van der Waals surface area contributed by atoms with Crippen LogP contribution in [-0.2, 0) is 5.21 Å². The van der Waals surface area contributed by atoms with Crippen LogP contribution in [0.4, 0.5) is 0 Å². The number of hydrogen-bond donors (Lipinski definition) is 1. The number of rotatable bonds is 0. The highest BCUT2D eigenvalue weighted by molar-refractivity contribution is 5.02. The lowest BCUT2D eigenvalue weighted by atomic mass is 10.5. The topological polar surface area (TPSA) is 35.2 Å². The van der Waals surface area contributed by atoms with E-state index in [1.54, 1.807) is 18.4 Å². The van der Waals surface area contributed by atoms with Crippen molar-refractivity contribution in [2.45, 2.75) is 0 Å². The predicted molar refractivity (Wildman–Crippen MR) is 23.9 cm³/mol. The van der Waals surface area contributed by atoms with Crippen LogP contribution in [0.15, 0.2) is 24.6 Å². The van der Waals surface area contributed by atoms with E-state index >= 15 is 0 Å². The largest absolute Gasteiger partial charge is 0.280 e. The number of hydrogen-bond acceptors (Lipinski definition) is 2. The molecule has 1 rings (SSSR count). The molecule has 1 aliphatic rings. The van der Waals surface area contributed by atoms with Crippen molar-refractivity contribution in [1.29, 1.82) is 0 Å². The Morgan fingerprint density at radius 3 is 2.57 bits per heavy atom. The van der Waals surface area contributed by atoms with Crippen LogP contribution in [0.1, 0.15) is 0 Å². The number of nitrogens with one attached hydrogen (secondary N) is 1. The molecule has 1 N–H and O–H groups in total. The van der Waals surface area contributed by atoms with E-state index in [1.165, 1.54) is 6.20 Å². The molecular formula is C4H5N2O. The van der Waals surface area contributed by atoms with E-state index in [9.17, 15) is 5.21 Å². The van der Waals surface area contributed by atoms with Crippen LogP contribution in [0, 0.1) is 0 Å². The second-order valence-corrected chi connectivity index (χ2v) is 1.16. The van der Waals surface area contributed by atoms with Gasteiger partial charge in [0.25, 0.3) is 0 Å². The van der Waals surface area contributed by atoms with Crippen molar-refractivity contribution >= 4 is 0 Å². The maximum Gasteiger partial charge on any atom is 0.0549 e. The standard InChI is InChI=1S/C4H5N2O/c7-6-4-2-1-3-5-6/h1-5H. The van der Waals surface area contributed by atoms with Crippen molar-refractivity contribution in [2.75, 3.05) is 0 Å². The minimum atomic E-state index is 0.625. The summed E-state index contributed by atoms with van der Waals surface area (Å²) in [5.41, 5.74) is 2.39. The summed E-state index contributed by atoms with van der Waals surface area (Å²) in [5, 5.41) is 10.8. The average molecular weight is 97.1 g/mol. The van der Waals surface area contributed by atoms with Gasteiger partial charge >= 0.3 is 0 Å². The first-order valence-electron chi connectivity index (χ1n) is 1.95. The summed E-state index contributed by atoms with van der Waals surface area (Å²) in [5.74, 6) is 0. The summed E-state index contributed by atoms with van der Waals surface area (Å²) in [6.07, 6.45) is 6.35. The van der Waals surface area contributed by atoms with E-state index in [2.05, 4.69) is 5.43 Å². The van der Waals surface area contributed by atoms with Crippen molar-refractivity contribution in [2.24, 2.45) is 0 Å². The smallest absolute Gasteiger partial charge is 0.0549 e. The third kappa shape index (κ3) is 0.940. The lowest BCUT2D eigenvalue weighted by molar-refractivity contribution is -0.144. The monoisotopic (exact) mass is 97.0 g/mol. The van der Waals surface area contributed by atoms with E-state index in [0.717, 1.165) is 0 Å². The Balaban J connectivity index is 2.49. The lowest BCUT2D eigenvalue weighted by Crippen LogP contribution is -2.24. The Morgan fingerprint density at radius 2 is 2.29 bits per heavy atom. The first-order chi connectivity index (χ1) is 3.39. The van der Waals surface area contributed by atoms with E-state index in [1.807, 2.05) is 0 Å². The van der Waals surface area contributed by atoms with Crippen LogP contribution < -0.4 is 5.43 Å². The van der Waals surface area contributed by atoms with Crippen molar-refractivity contribution in [3.63, 3.8) is 0 Å². The summed E-state index contributed by atoms with van der Waals surface area (Å²) in [7, 11) is 0. The molecule has 7 heavy (non-hydrogen) atoms. The van der Waals surface area contributed by atoms with Gasteiger partial charge in [0.1, 0.15) is 0 Å². The summed E-state index contributed by atoms with van der Waals surface area (Å²) in [4.78, 5) is 0. The first kappa shape index (κ1) is 4.21. The van der Waals surface area contributed by atoms with Gasteiger partial charge < -0.3 is 0 Å². The van der Waals surface area contributed by atoms with Crippen LogP contribution >= 0.6 is 0 Å². The second-order valence-electron chi connectivity index (χ2n) is 1.16. The van der Waals surface area contributed by atoms with Gasteiger partial charge in [0, 0.05) is 6.20 Å². The molecule has 0 amide bonds. The van der Waals surface area contributed by atoms with Crippen LogP contribution in [0.5, 0.6) is 0 Å². The quantitative estimate of drug-likeness (QED) is 0.468. The molecule has 0 unspecified atom stereocenters. The van der Waals surface area contributed by atoms with E-state index in [-0.39, 0.29) is 0 Å². The van der Waals surface area contributed by atoms with Crippen LogP contribution in [0.25, 0.3) is 0 Å². The summed E-state index contributed by atoms with van der Waals surface area (Å²) < 4.78 is 0. The molecule has 3 heteroatoms. The molecule has 0 atom stereocenters. The zero-order valence-electron chi connectivity index (χ0n) is 3.66. The lowest BCUT2D eigenvalue weighted by Gasteiger charge is -2.08. The Bertz CT molecular complexity index is 108. The van der Waals surface area contributed by atoms with Crippen molar-refractivity contribution < 1.29 is 5.21 Å². The van der Waals surface area contributed by atoms with Crippen LogP contribution in [0.3, 0.4) is 0 Å². The Morgan fingerprint density at radius 1 is 1.43 bits per heavy atom. The highest BCUT2D eigenvalue weighted by Gasteiger charge is 1.88. The number of hydroxylamine groups is 1. The van der Waals surface area contributed by atoms with Crippen molar-refractivity contribution in [3.8, 4) is 0 Å². The summed E-state index contributed by atoms with van der Waals surface area (Å²) >= 11 is 0. The number of hydrazine groups is 1. The SMILES string of the molecule is [O]N1C=CC=CN1. The molecule has 0 aliphatic carbocycles. The van der Waals surface area contributed by atoms with Gasteiger partial charge in [-0.25, -0.2) is 0 Å². The molecule has 1 aliphatic heterocycles. The van der Waals surface area contributed by atoms with Gasteiger partial charge in [-0.05, 0) is 12.2 Å². The Hall–Kier alpha value is -0.960. The maximum absolute atomic E-state index is 10.1. The van der Waals surface area contributed by atoms with E-state index in [4.69, 9.17) is 0 Å². The molecule has 0 aromatic heterocycles. The molecule has 0 bridgehead atoms. The van der Waals surface area contributed by atoms with Gasteiger partial charge in [-0.3, -0.25) is 5.43 Å². The molecule has 0 fully saturated rings. The van der Waals surface area contributed by atoms with Gasteiger partial charge in [0.2, 0.25) is 0 Å². The van der Waals surface area contributed by atoms with Gasteiger partial charge in [-0.2, -0.15) is 0 Å². The Kier molecular flexibility index (Phi) is 0.997. The molecule has 0 saturated heterocycles. The van der Waals surface area contributed by atoms with E-state index < -0.39 is 0 Å². The number of allylic oxidation sites excluding steroid dienone is 2. The zero-order valence-corrected chi connectivity index (χ0v) is 3.66. The molecule has 0 aromatic carbocycles. The first-order valence-corrected chi connectivity index (χ1v) is 1.95. The van der Waals surface area contributed by atoms with Crippen molar-refractivity contribution in [1.82, 2.24) is 10.6 Å². The van der Waals surface area contributed by atoms with Crippen LogP contribution in [-0.4, -0.2) is 5.17 Å². The molecule has 37 valence electrons. The summed E-state index contributed by atoms with van der Waals surface area (Å²) in [6.45, 7) is 0. The van der Waals surface area contributed by atoms with Gasteiger partial charge in [0.05, 0.1) is 6.20 Å². The van der Waals surface area contributed by atoms with E-state index in [0.29, 0.717) is 5.17 Å². The molecule has 0 saturated carbocycles. The molecule has 0 aromatic rings. The average Bonchev–Trinajstić information content (AvgIpc) is 1.69. The fraction of sp³-hybridized carbons (Fsp3) is 0. The molecule has 0 spiro atoms. The van der Waals surface area contributed by atoms with Gasteiger partial charge in [-0.1, -0.05) is 5.21 Å². The molecule has 1 radical (unpaired) electrons. The fourth-order valence-corrected chi connectivity index (χ4v) is 0.343. The normalized spacial score (nSPS) is 17.0. The highest BCUT2D eigenvalue weighted by atomic mass is 16.5. The summed E-state index contributed by atoms with van der Waals surface area (Å²) in [6, 6.07) is 0. The minimum Gasteiger partial charge on any atom is -0.280 e. The predicted octanol–water partition coefficient (Wildman–Crippen LogP) is 0.179. The highest BCUT2D eigenvalue weighted by Crippen LogP contribution is 1.85. The molecular weight excluding hydrogens is 92.1 g/mol. The number of nitrogens with zero attached hydrogens (tertiary/aromatic N) is 1. The third-order valence-electron chi connectivity index (χ3n) is 0.631. The minimum absolute atomic E-state index is 0.625. The molecule has 1 heterocycles. The second kappa shape index (κ2) is 1.66. The Labute approximate surface area is 41.5 Å². The van der Waals surface area contributed by atoms with Crippen molar-refractivity contribution in [3.05, 3.63) is 24.6 Å². The third-order valence-corrected chi connectivity index (χ3v) is 0.631.